The molecule has 2 aromatic carbocycles. The summed E-state index contributed by atoms with van der Waals surface area (Å²) in [6, 6.07) is 23.1. The minimum Gasteiger partial charge on any atom is -0.480 e. The summed E-state index contributed by atoms with van der Waals surface area (Å²) in [5, 5.41) is 21.1. The molecular weight excluding hydrogens is 400 g/mol. The van der Waals surface area contributed by atoms with Gasteiger partial charge in [-0.1, -0.05) is 48.0 Å². The van der Waals surface area contributed by atoms with E-state index in [1.54, 1.807) is 54.6 Å². The van der Waals surface area contributed by atoms with Crippen LogP contribution >= 0.6 is 11.6 Å². The van der Waals surface area contributed by atoms with Crippen LogP contribution in [0.1, 0.15) is 30.0 Å². The number of rotatable bonds is 7. The van der Waals surface area contributed by atoms with Crippen LogP contribution in [0.4, 0.5) is 0 Å². The molecule has 3 aromatic rings. The first-order valence-corrected chi connectivity index (χ1v) is 10.0. The monoisotopic (exact) mass is 418 g/mol. The lowest BCUT2D eigenvalue weighted by molar-refractivity contribution is -0.142. The highest BCUT2D eigenvalue weighted by Crippen LogP contribution is 2.53. The number of carboxylic acid groups (broad SMARTS) is 1. The Hall–Kier alpha value is -3.36. The lowest BCUT2D eigenvalue weighted by atomic mass is 9.68. The largest absolute Gasteiger partial charge is 0.480 e. The highest BCUT2D eigenvalue weighted by Gasteiger charge is 2.55. The number of carboxylic acids is 1. The smallest absolute Gasteiger partial charge is 0.330 e. The number of hydrogen-bond donors (Lipinski definition) is 1. The Morgan fingerprint density at radius 1 is 1.10 bits per heavy atom. The molecule has 1 saturated carbocycles. The molecule has 2 atom stereocenters. The maximum absolute atomic E-state index is 12.6. The van der Waals surface area contributed by atoms with Crippen LogP contribution in [0.25, 0.3) is 0 Å². The van der Waals surface area contributed by atoms with E-state index < -0.39 is 17.3 Å². The fraction of sp³-hybridized carbons (Fsp3) is 0.208. The molecule has 1 aromatic heterocycles. The number of pyridine rings is 1. The minimum atomic E-state index is -1.84. The van der Waals surface area contributed by atoms with Crippen LogP contribution in [-0.4, -0.2) is 16.1 Å². The molecule has 1 heterocycles. The summed E-state index contributed by atoms with van der Waals surface area (Å²) in [6.07, 6.45) is 1.73. The summed E-state index contributed by atoms with van der Waals surface area (Å²) in [5.41, 5.74) is -0.912. The third-order valence-electron chi connectivity index (χ3n) is 5.40. The van der Waals surface area contributed by atoms with Crippen molar-refractivity contribution in [3.8, 4) is 17.7 Å². The first-order valence-electron chi connectivity index (χ1n) is 9.65. The van der Waals surface area contributed by atoms with Gasteiger partial charge in [-0.3, -0.25) is 4.79 Å². The average molecular weight is 419 g/mol. The number of aliphatic carboxylic acids is 1. The zero-order chi connectivity index (χ0) is 21.1. The zero-order valence-electron chi connectivity index (χ0n) is 16.0. The van der Waals surface area contributed by atoms with E-state index in [1.165, 1.54) is 0 Å². The number of nitrogens with zero attached hydrogens (tertiary/aromatic N) is 2. The van der Waals surface area contributed by atoms with Crippen LogP contribution in [0.15, 0.2) is 72.8 Å². The molecule has 0 radical (unpaired) electrons. The second kappa shape index (κ2) is 8.17. The SMILES string of the molecule is N#CC(C(=O)O)(c1cccc(Oc2ccccc2)n1)C(c1ccc(Cl)cc1)C1CC1. The van der Waals surface area contributed by atoms with Crippen LogP contribution in [0.2, 0.25) is 5.02 Å². The molecule has 30 heavy (non-hydrogen) atoms. The van der Waals surface area contributed by atoms with E-state index >= 15 is 0 Å². The summed E-state index contributed by atoms with van der Waals surface area (Å²) in [5.74, 6) is -0.859. The minimum absolute atomic E-state index is 0.0856. The molecule has 0 spiro atoms. The Balaban J connectivity index is 1.80. The van der Waals surface area contributed by atoms with E-state index in [-0.39, 0.29) is 17.5 Å². The Kier molecular flexibility index (Phi) is 5.43. The number of hydrogen-bond acceptors (Lipinski definition) is 4. The molecule has 150 valence electrons. The van der Waals surface area contributed by atoms with Gasteiger partial charge in [-0.05, 0) is 54.7 Å². The predicted molar refractivity (Wildman–Crippen MR) is 113 cm³/mol. The molecule has 0 bridgehead atoms. The van der Waals surface area contributed by atoms with Gasteiger partial charge in [0.15, 0.2) is 0 Å². The van der Waals surface area contributed by atoms with Crippen molar-refractivity contribution >= 4 is 17.6 Å². The van der Waals surface area contributed by atoms with Crippen LogP contribution in [0.3, 0.4) is 0 Å². The fourth-order valence-corrected chi connectivity index (χ4v) is 3.98. The Morgan fingerprint density at radius 3 is 2.40 bits per heavy atom. The van der Waals surface area contributed by atoms with Crippen LogP contribution in [0, 0.1) is 17.2 Å². The van der Waals surface area contributed by atoms with Crippen molar-refractivity contribution in [2.24, 2.45) is 5.92 Å². The van der Waals surface area contributed by atoms with Crippen LogP contribution in [0.5, 0.6) is 11.6 Å². The fourth-order valence-electron chi connectivity index (χ4n) is 3.85. The maximum Gasteiger partial charge on any atom is 0.330 e. The van der Waals surface area contributed by atoms with Gasteiger partial charge in [0.2, 0.25) is 11.3 Å². The van der Waals surface area contributed by atoms with Crippen molar-refractivity contribution in [3.05, 3.63) is 89.1 Å². The van der Waals surface area contributed by atoms with Gasteiger partial charge < -0.3 is 9.84 Å². The van der Waals surface area contributed by atoms with Crippen LogP contribution < -0.4 is 4.74 Å². The number of halogens is 1. The molecule has 5 nitrogen and oxygen atoms in total. The van der Waals surface area contributed by atoms with Gasteiger partial charge in [0.1, 0.15) is 5.75 Å². The van der Waals surface area contributed by atoms with Gasteiger partial charge in [0.05, 0.1) is 11.8 Å². The number of carbonyl (C=O) groups is 1. The van der Waals surface area contributed by atoms with Gasteiger partial charge in [-0.2, -0.15) is 5.26 Å². The predicted octanol–water partition coefficient (Wildman–Crippen LogP) is 5.57. The molecule has 0 aliphatic heterocycles. The number of aromatic nitrogens is 1. The number of nitriles is 1. The van der Waals surface area contributed by atoms with Crippen molar-refractivity contribution in [2.75, 3.05) is 0 Å². The first-order chi connectivity index (χ1) is 14.5. The Bertz CT molecular complexity index is 1090. The summed E-state index contributed by atoms with van der Waals surface area (Å²) >= 11 is 6.03. The number of benzene rings is 2. The third kappa shape index (κ3) is 3.74. The number of ether oxygens (including phenoxy) is 1. The normalized spacial score (nSPS) is 16.1. The molecule has 1 fully saturated rings. The topological polar surface area (TPSA) is 83.2 Å². The van der Waals surface area contributed by atoms with E-state index in [9.17, 15) is 15.2 Å². The van der Waals surface area contributed by atoms with Gasteiger partial charge in [-0.25, -0.2) is 4.98 Å². The van der Waals surface area contributed by atoms with E-state index in [4.69, 9.17) is 16.3 Å². The third-order valence-corrected chi connectivity index (χ3v) is 5.65. The second-order valence-corrected chi connectivity index (χ2v) is 7.80. The highest BCUT2D eigenvalue weighted by atomic mass is 35.5. The molecule has 1 N–H and O–H groups in total. The summed E-state index contributed by atoms with van der Waals surface area (Å²) in [6.45, 7) is 0. The van der Waals surface area contributed by atoms with E-state index in [0.717, 1.165) is 18.4 Å². The summed E-state index contributed by atoms with van der Waals surface area (Å²) < 4.78 is 5.78. The molecular formula is C24H19ClN2O3. The lowest BCUT2D eigenvalue weighted by Crippen LogP contribution is -2.42. The second-order valence-electron chi connectivity index (χ2n) is 7.37. The van der Waals surface area contributed by atoms with Gasteiger partial charge in [0, 0.05) is 17.0 Å². The highest BCUT2D eigenvalue weighted by molar-refractivity contribution is 6.30. The molecule has 0 amide bonds. The standard InChI is InChI=1S/C24H19ClN2O3/c25-18-13-11-17(12-14-18)22(16-9-10-16)24(15-26,23(28)29)20-7-4-8-21(27-20)30-19-5-2-1-3-6-19/h1-8,11-14,16,22H,9-10H2,(H,28,29). The number of para-hydroxylation sites is 1. The Morgan fingerprint density at radius 2 is 1.80 bits per heavy atom. The lowest BCUT2D eigenvalue weighted by Gasteiger charge is -2.31. The zero-order valence-corrected chi connectivity index (χ0v) is 16.8. The van der Waals surface area contributed by atoms with Crippen molar-refractivity contribution in [1.82, 2.24) is 4.98 Å². The van der Waals surface area contributed by atoms with Gasteiger partial charge in [0.25, 0.3) is 0 Å². The Labute approximate surface area is 179 Å². The van der Waals surface area contributed by atoms with Crippen molar-refractivity contribution < 1.29 is 14.6 Å². The van der Waals surface area contributed by atoms with Gasteiger partial charge in [-0.15, -0.1) is 0 Å². The molecule has 0 saturated heterocycles. The molecule has 6 heteroatoms. The average Bonchev–Trinajstić information content (AvgIpc) is 3.58. The van der Waals surface area contributed by atoms with Crippen LogP contribution in [-0.2, 0) is 10.2 Å². The van der Waals surface area contributed by atoms with Gasteiger partial charge >= 0.3 is 5.97 Å². The molecule has 1 aliphatic rings. The van der Waals surface area contributed by atoms with Crippen molar-refractivity contribution in [2.45, 2.75) is 24.2 Å². The van der Waals surface area contributed by atoms with E-state index in [0.29, 0.717) is 10.8 Å². The first kappa shape index (κ1) is 19.9. The summed E-state index contributed by atoms with van der Waals surface area (Å²) in [7, 11) is 0. The van der Waals surface area contributed by atoms with E-state index in [1.807, 2.05) is 18.2 Å². The molecule has 2 unspecified atom stereocenters. The van der Waals surface area contributed by atoms with E-state index in [2.05, 4.69) is 11.1 Å². The van der Waals surface area contributed by atoms with Crippen molar-refractivity contribution in [1.29, 1.82) is 5.26 Å². The quantitative estimate of drug-likeness (QED) is 0.542. The molecule has 4 rings (SSSR count). The maximum atomic E-state index is 12.6. The van der Waals surface area contributed by atoms with Crippen molar-refractivity contribution in [3.63, 3.8) is 0 Å². The molecule has 1 aliphatic carbocycles. The summed E-state index contributed by atoms with van der Waals surface area (Å²) in [4.78, 5) is 17.1.